The fourth-order valence-electron chi connectivity index (χ4n) is 2.03. The molecule has 0 saturated carbocycles. The van der Waals surface area contributed by atoms with E-state index >= 15 is 0 Å². The van der Waals surface area contributed by atoms with Gasteiger partial charge in [-0.3, -0.25) is 4.79 Å². The minimum absolute atomic E-state index is 0.251. The minimum Gasteiger partial charge on any atom is -0.477 e. The number of fused-ring (bicyclic) bond motifs is 2. The Kier molecular flexibility index (Phi) is 1.86. The number of hydrogen-bond acceptors (Lipinski definition) is 3. The average Bonchev–Trinajstić information content (AvgIpc) is 2.66. The lowest BCUT2D eigenvalue weighted by molar-refractivity contribution is -0.134. The summed E-state index contributed by atoms with van der Waals surface area (Å²) in [6, 6.07) is 7.34. The Morgan fingerprint density at radius 2 is 1.94 bits per heavy atom. The maximum Gasteiger partial charge on any atom is 0.341 e. The summed E-state index contributed by atoms with van der Waals surface area (Å²) in [4.78, 5) is 26.8. The summed E-state index contributed by atoms with van der Waals surface area (Å²) >= 11 is 0. The van der Waals surface area contributed by atoms with Crippen LogP contribution < -0.4 is 10.6 Å². The van der Waals surface area contributed by atoms with E-state index in [4.69, 9.17) is 5.11 Å². The van der Waals surface area contributed by atoms with Crippen LogP contribution in [0.3, 0.4) is 0 Å². The van der Waals surface area contributed by atoms with Crippen molar-refractivity contribution in [3.63, 3.8) is 0 Å². The molecule has 0 amide bonds. The summed E-state index contributed by atoms with van der Waals surface area (Å²) in [7, 11) is 0. The molecule has 3 rings (SSSR count). The van der Waals surface area contributed by atoms with Crippen LogP contribution >= 0.6 is 0 Å². The van der Waals surface area contributed by atoms with Gasteiger partial charge in [-0.05, 0) is 18.2 Å². The molecule has 0 fully saturated rings. The number of para-hydroxylation sites is 1. The van der Waals surface area contributed by atoms with Crippen molar-refractivity contribution in [1.29, 1.82) is 0 Å². The molecule has 82 valence electrons. The van der Waals surface area contributed by atoms with Crippen molar-refractivity contribution in [3.05, 3.63) is 58.3 Å². The highest BCUT2D eigenvalue weighted by molar-refractivity contribution is 6.25. The summed E-state index contributed by atoms with van der Waals surface area (Å²) in [6.07, 6.45) is 2.90. The van der Waals surface area contributed by atoms with Crippen molar-refractivity contribution in [2.75, 3.05) is 0 Å². The average molecular weight is 225 g/mol. The van der Waals surface area contributed by atoms with Gasteiger partial charge in [0.05, 0.1) is 11.1 Å². The highest BCUT2D eigenvalue weighted by Gasteiger charge is 2.28. The van der Waals surface area contributed by atoms with Crippen LogP contribution in [0.2, 0.25) is 0 Å². The number of benzene rings is 1. The van der Waals surface area contributed by atoms with E-state index in [1.54, 1.807) is 12.1 Å². The number of carboxylic acids is 1. The highest BCUT2D eigenvalue weighted by Crippen LogP contribution is 2.25. The molecule has 0 radical (unpaired) electrons. The fourth-order valence-corrected chi connectivity index (χ4v) is 2.03. The van der Waals surface area contributed by atoms with Gasteiger partial charge >= 0.3 is 5.97 Å². The Bertz CT molecular complexity index is 738. The number of hydrogen-bond donors (Lipinski definition) is 1. The standard InChI is InChI=1S/C13H7NO3/c15-10-6-5-8-7-3-1-2-4-9(7)14-12(8)11(10)13(16)17/h1-6H,(H,16,17). The molecule has 17 heavy (non-hydrogen) atoms. The van der Waals surface area contributed by atoms with E-state index < -0.39 is 11.8 Å². The predicted octanol–water partition coefficient (Wildman–Crippen LogP) is -0.0519. The van der Waals surface area contributed by atoms with E-state index in [2.05, 4.69) is 4.99 Å². The van der Waals surface area contributed by atoms with Crippen molar-refractivity contribution < 1.29 is 14.7 Å². The molecule has 0 atom stereocenters. The monoisotopic (exact) mass is 225 g/mol. The Morgan fingerprint density at radius 3 is 2.71 bits per heavy atom. The first-order valence-electron chi connectivity index (χ1n) is 5.07. The molecule has 4 heteroatoms. The van der Waals surface area contributed by atoms with Crippen LogP contribution in [0.15, 0.2) is 52.7 Å². The maximum absolute atomic E-state index is 11.5. The first-order valence-corrected chi connectivity index (χ1v) is 5.07. The van der Waals surface area contributed by atoms with E-state index in [1.807, 2.05) is 18.2 Å². The van der Waals surface area contributed by atoms with Crippen LogP contribution in [0, 0.1) is 0 Å². The molecular formula is C13H7NO3. The zero-order valence-electron chi connectivity index (χ0n) is 8.68. The molecule has 0 aromatic heterocycles. The van der Waals surface area contributed by atoms with Gasteiger partial charge in [-0.2, -0.15) is 0 Å². The number of aliphatic carboxylic acids is 1. The second-order valence-electron chi connectivity index (χ2n) is 3.77. The molecule has 0 unspecified atom stereocenters. The van der Waals surface area contributed by atoms with Gasteiger partial charge in [-0.15, -0.1) is 0 Å². The van der Waals surface area contributed by atoms with Gasteiger partial charge in [-0.25, -0.2) is 9.79 Å². The van der Waals surface area contributed by atoms with Gasteiger partial charge in [0.2, 0.25) is 0 Å². The van der Waals surface area contributed by atoms with Gasteiger partial charge in [0.15, 0.2) is 5.78 Å². The smallest absolute Gasteiger partial charge is 0.341 e. The third kappa shape index (κ3) is 1.27. The molecule has 1 heterocycles. The highest BCUT2D eigenvalue weighted by atomic mass is 16.4. The lowest BCUT2D eigenvalue weighted by Gasteiger charge is -2.08. The van der Waals surface area contributed by atoms with Crippen LogP contribution in [0.1, 0.15) is 0 Å². The summed E-state index contributed by atoms with van der Waals surface area (Å²) in [5.41, 5.74) is 0.725. The molecule has 1 N–H and O–H groups in total. The summed E-state index contributed by atoms with van der Waals surface area (Å²) in [5, 5.41) is 10.6. The topological polar surface area (TPSA) is 66.7 Å². The SMILES string of the molecule is O=C(O)C1=C2N=c3ccccc3=C2C=CC1=O. The molecule has 1 aliphatic heterocycles. The van der Waals surface area contributed by atoms with E-state index in [0.29, 0.717) is 10.9 Å². The molecule has 1 aromatic carbocycles. The Labute approximate surface area is 95.9 Å². The summed E-state index contributed by atoms with van der Waals surface area (Å²) in [5.74, 6) is -1.74. The number of allylic oxidation sites excluding steroid dienone is 2. The molecule has 2 aliphatic rings. The van der Waals surface area contributed by atoms with Crippen LogP contribution in [0.25, 0.3) is 5.57 Å². The number of carboxylic acid groups (broad SMARTS) is 1. The summed E-state index contributed by atoms with van der Waals surface area (Å²) in [6.45, 7) is 0. The van der Waals surface area contributed by atoms with Gasteiger partial charge in [-0.1, -0.05) is 18.2 Å². The maximum atomic E-state index is 11.5. The molecule has 0 saturated heterocycles. The van der Waals surface area contributed by atoms with Crippen LogP contribution in [0.5, 0.6) is 0 Å². The molecular weight excluding hydrogens is 218 g/mol. The number of rotatable bonds is 1. The first-order chi connectivity index (χ1) is 8.18. The van der Waals surface area contributed by atoms with E-state index in [0.717, 1.165) is 5.22 Å². The molecule has 4 nitrogen and oxygen atoms in total. The second kappa shape index (κ2) is 3.25. The van der Waals surface area contributed by atoms with Gasteiger partial charge in [0.25, 0.3) is 0 Å². The van der Waals surface area contributed by atoms with Crippen LogP contribution in [0.4, 0.5) is 0 Å². The van der Waals surface area contributed by atoms with Crippen molar-refractivity contribution in [3.8, 4) is 0 Å². The van der Waals surface area contributed by atoms with Crippen molar-refractivity contribution >= 4 is 17.3 Å². The van der Waals surface area contributed by atoms with Crippen molar-refractivity contribution in [2.45, 2.75) is 0 Å². The Balaban J connectivity index is 2.45. The Hall–Kier alpha value is -2.49. The van der Waals surface area contributed by atoms with Crippen LogP contribution in [-0.2, 0) is 9.59 Å². The van der Waals surface area contributed by atoms with Gasteiger partial charge in [0.1, 0.15) is 5.57 Å². The number of carbonyl (C=O) groups is 2. The second-order valence-corrected chi connectivity index (χ2v) is 3.77. The fraction of sp³-hybridized carbons (Fsp3) is 0. The lowest BCUT2D eigenvalue weighted by Crippen LogP contribution is -2.22. The largest absolute Gasteiger partial charge is 0.477 e. The number of nitrogens with zero attached hydrogens (tertiary/aromatic N) is 1. The quantitative estimate of drug-likeness (QED) is 0.681. The zero-order chi connectivity index (χ0) is 12.0. The molecule has 0 bridgehead atoms. The van der Waals surface area contributed by atoms with E-state index in [1.165, 1.54) is 6.08 Å². The summed E-state index contributed by atoms with van der Waals surface area (Å²) < 4.78 is 0. The number of carbonyl (C=O) groups excluding carboxylic acids is 1. The van der Waals surface area contributed by atoms with Gasteiger partial charge in [0, 0.05) is 10.8 Å². The normalized spacial score (nSPS) is 16.7. The zero-order valence-corrected chi connectivity index (χ0v) is 8.68. The van der Waals surface area contributed by atoms with E-state index in [-0.39, 0.29) is 11.3 Å². The first kappa shape index (κ1) is 9.72. The predicted molar refractivity (Wildman–Crippen MR) is 59.4 cm³/mol. The third-order valence-corrected chi connectivity index (χ3v) is 2.78. The Morgan fingerprint density at radius 1 is 1.18 bits per heavy atom. The molecule has 0 spiro atoms. The van der Waals surface area contributed by atoms with Gasteiger partial charge < -0.3 is 5.11 Å². The molecule has 1 aliphatic carbocycles. The van der Waals surface area contributed by atoms with Crippen molar-refractivity contribution in [1.82, 2.24) is 0 Å². The number of ketones is 1. The van der Waals surface area contributed by atoms with Crippen molar-refractivity contribution in [2.24, 2.45) is 4.99 Å². The molecule has 1 aromatic rings. The van der Waals surface area contributed by atoms with Crippen LogP contribution in [-0.4, -0.2) is 16.9 Å². The van der Waals surface area contributed by atoms with E-state index in [9.17, 15) is 9.59 Å². The minimum atomic E-state index is -1.23. The third-order valence-electron chi connectivity index (χ3n) is 2.78. The lowest BCUT2D eigenvalue weighted by atomic mass is 9.97.